The molecule has 1 amide bonds. The number of nitrogens with one attached hydrogen (secondary N) is 1. The first kappa shape index (κ1) is 14.3. The number of hydrogen-bond acceptors (Lipinski definition) is 4. The van der Waals surface area contributed by atoms with Gasteiger partial charge in [-0.15, -0.1) is 0 Å². The lowest BCUT2D eigenvalue weighted by Gasteiger charge is -2.11. The van der Waals surface area contributed by atoms with Crippen molar-refractivity contribution in [2.75, 3.05) is 5.75 Å². The average Bonchev–Trinajstić information content (AvgIpc) is 2.68. The Morgan fingerprint density at radius 1 is 1.30 bits per heavy atom. The number of rotatable bonds is 4. The van der Waals surface area contributed by atoms with Crippen LogP contribution in [0.15, 0.2) is 35.7 Å². The van der Waals surface area contributed by atoms with Gasteiger partial charge in [0.2, 0.25) is 5.91 Å². The minimum atomic E-state index is -3.22. The Bertz CT molecular complexity index is 678. The molecule has 1 atom stereocenters. The van der Waals surface area contributed by atoms with Crippen molar-refractivity contribution in [2.45, 2.75) is 12.5 Å². The quantitative estimate of drug-likeness (QED) is 0.835. The normalized spacial score (nSPS) is 19.7. The van der Waals surface area contributed by atoms with Gasteiger partial charge in [-0.25, -0.2) is 13.2 Å². The summed E-state index contributed by atoms with van der Waals surface area (Å²) in [6, 6.07) is 5.66. The van der Waals surface area contributed by atoms with Crippen molar-refractivity contribution in [3.63, 3.8) is 0 Å². The van der Waals surface area contributed by atoms with E-state index in [0.29, 0.717) is 5.56 Å². The fourth-order valence-electron chi connectivity index (χ4n) is 1.98. The Balaban J connectivity index is 2.03. The van der Waals surface area contributed by atoms with E-state index in [1.165, 1.54) is 12.1 Å². The summed E-state index contributed by atoms with van der Waals surface area (Å²) in [6.45, 7) is 0. The van der Waals surface area contributed by atoms with Crippen LogP contribution in [-0.4, -0.2) is 37.2 Å². The van der Waals surface area contributed by atoms with E-state index in [9.17, 15) is 18.0 Å². The maximum absolute atomic E-state index is 11.8. The molecule has 1 aliphatic rings. The van der Waals surface area contributed by atoms with Gasteiger partial charge in [0.1, 0.15) is 0 Å². The number of amides is 1. The Hall–Kier alpha value is -2.15. The zero-order valence-corrected chi connectivity index (χ0v) is 11.3. The molecule has 2 N–H and O–H groups in total. The summed E-state index contributed by atoms with van der Waals surface area (Å²) in [4.78, 5) is 22.8. The summed E-state index contributed by atoms with van der Waals surface area (Å²) in [5.74, 6) is -1.67. The number of sulfone groups is 1. The summed E-state index contributed by atoms with van der Waals surface area (Å²) in [5, 5.41) is 12.6. The van der Waals surface area contributed by atoms with Crippen LogP contribution in [0.1, 0.15) is 15.9 Å². The third-order valence-electron chi connectivity index (χ3n) is 2.88. The molecule has 7 heteroatoms. The molecule has 1 aromatic carbocycles. The number of hydrogen-bond donors (Lipinski definition) is 2. The maximum Gasteiger partial charge on any atom is 0.335 e. The molecule has 6 nitrogen and oxygen atoms in total. The largest absolute Gasteiger partial charge is 0.478 e. The van der Waals surface area contributed by atoms with Gasteiger partial charge in [-0.3, -0.25) is 4.79 Å². The molecule has 1 aliphatic heterocycles. The van der Waals surface area contributed by atoms with Crippen molar-refractivity contribution >= 4 is 21.7 Å². The van der Waals surface area contributed by atoms with Crippen LogP contribution in [-0.2, 0) is 21.1 Å². The molecule has 1 heterocycles. The highest BCUT2D eigenvalue weighted by molar-refractivity contribution is 7.94. The minimum Gasteiger partial charge on any atom is -0.478 e. The average molecular weight is 295 g/mol. The molecule has 0 bridgehead atoms. The van der Waals surface area contributed by atoms with Gasteiger partial charge in [-0.05, 0) is 17.7 Å². The molecule has 0 radical (unpaired) electrons. The second kappa shape index (κ2) is 5.46. The highest BCUT2D eigenvalue weighted by Crippen LogP contribution is 2.11. The molecule has 1 unspecified atom stereocenters. The summed E-state index contributed by atoms with van der Waals surface area (Å²) >= 11 is 0. The molecule has 0 fully saturated rings. The summed E-state index contributed by atoms with van der Waals surface area (Å²) in [6.07, 6.45) is 1.31. The number of carbonyl (C=O) groups excluding carboxylic acids is 1. The van der Waals surface area contributed by atoms with E-state index < -0.39 is 27.8 Å². The lowest BCUT2D eigenvalue weighted by Crippen LogP contribution is -2.36. The number of carbonyl (C=O) groups is 2. The SMILES string of the molecule is O=C(Cc1ccccc1C(=O)O)NC1C=CS(=O)(=O)C1. The summed E-state index contributed by atoms with van der Waals surface area (Å²) in [5.41, 5.74) is 0.458. The lowest BCUT2D eigenvalue weighted by molar-refractivity contribution is -0.120. The van der Waals surface area contributed by atoms with E-state index in [2.05, 4.69) is 5.32 Å². The lowest BCUT2D eigenvalue weighted by atomic mass is 10.0. The molecule has 1 aromatic rings. The van der Waals surface area contributed by atoms with Crippen molar-refractivity contribution in [3.8, 4) is 0 Å². The summed E-state index contributed by atoms with van der Waals surface area (Å²) in [7, 11) is -3.22. The van der Waals surface area contributed by atoms with E-state index in [-0.39, 0.29) is 17.7 Å². The van der Waals surface area contributed by atoms with E-state index in [0.717, 1.165) is 5.41 Å². The van der Waals surface area contributed by atoms with Crippen LogP contribution in [0.5, 0.6) is 0 Å². The van der Waals surface area contributed by atoms with Gasteiger partial charge in [-0.2, -0.15) is 0 Å². The maximum atomic E-state index is 11.8. The van der Waals surface area contributed by atoms with Crippen molar-refractivity contribution in [3.05, 3.63) is 46.9 Å². The van der Waals surface area contributed by atoms with Gasteiger partial charge in [0.05, 0.1) is 23.8 Å². The van der Waals surface area contributed by atoms with Crippen LogP contribution in [0.4, 0.5) is 0 Å². The molecule has 0 aromatic heterocycles. The number of carboxylic acids is 1. The van der Waals surface area contributed by atoms with Gasteiger partial charge in [0.15, 0.2) is 9.84 Å². The predicted molar refractivity (Wildman–Crippen MR) is 72.0 cm³/mol. The summed E-state index contributed by atoms with van der Waals surface area (Å²) < 4.78 is 22.4. The second-order valence-electron chi connectivity index (χ2n) is 4.47. The first-order chi connectivity index (χ1) is 9.37. The number of aromatic carboxylic acids is 1. The highest BCUT2D eigenvalue weighted by atomic mass is 32.2. The Labute approximate surface area is 116 Å². The number of benzene rings is 1. The van der Waals surface area contributed by atoms with Crippen LogP contribution in [0, 0.1) is 0 Å². The highest BCUT2D eigenvalue weighted by Gasteiger charge is 2.23. The monoisotopic (exact) mass is 295 g/mol. The van der Waals surface area contributed by atoms with Crippen LogP contribution in [0.2, 0.25) is 0 Å². The predicted octanol–water partition coefficient (Wildman–Crippen LogP) is 0.354. The van der Waals surface area contributed by atoms with Gasteiger partial charge < -0.3 is 10.4 Å². The Morgan fingerprint density at radius 2 is 2.00 bits per heavy atom. The van der Waals surface area contributed by atoms with Crippen molar-refractivity contribution in [2.24, 2.45) is 0 Å². The van der Waals surface area contributed by atoms with Crippen LogP contribution < -0.4 is 5.32 Å². The first-order valence-corrected chi connectivity index (χ1v) is 7.60. The minimum absolute atomic E-state index is 0.0669. The van der Waals surface area contributed by atoms with Crippen molar-refractivity contribution in [1.82, 2.24) is 5.32 Å². The zero-order valence-electron chi connectivity index (χ0n) is 10.4. The Kier molecular flexibility index (Phi) is 3.89. The van der Waals surface area contributed by atoms with Crippen LogP contribution >= 0.6 is 0 Å². The second-order valence-corrected chi connectivity index (χ2v) is 6.40. The van der Waals surface area contributed by atoms with Crippen molar-refractivity contribution in [1.29, 1.82) is 0 Å². The zero-order chi connectivity index (χ0) is 14.8. The molecule has 0 spiro atoms. The first-order valence-electron chi connectivity index (χ1n) is 5.89. The van der Waals surface area contributed by atoms with E-state index >= 15 is 0 Å². The third-order valence-corrected chi connectivity index (χ3v) is 4.27. The Morgan fingerprint density at radius 3 is 2.60 bits per heavy atom. The molecule has 0 saturated carbocycles. The molecular formula is C13H13NO5S. The molecule has 0 aliphatic carbocycles. The van der Waals surface area contributed by atoms with Crippen molar-refractivity contribution < 1.29 is 23.1 Å². The van der Waals surface area contributed by atoms with E-state index in [4.69, 9.17) is 5.11 Å². The van der Waals surface area contributed by atoms with Gasteiger partial charge >= 0.3 is 5.97 Å². The van der Waals surface area contributed by atoms with Gasteiger partial charge in [0.25, 0.3) is 0 Å². The smallest absolute Gasteiger partial charge is 0.335 e. The molecule has 106 valence electrons. The van der Waals surface area contributed by atoms with E-state index in [1.807, 2.05) is 0 Å². The standard InChI is InChI=1S/C13H13NO5S/c15-12(14-10-5-6-20(18,19)8-10)7-9-3-1-2-4-11(9)13(16)17/h1-6,10H,7-8H2,(H,14,15)(H,16,17). The topological polar surface area (TPSA) is 101 Å². The fraction of sp³-hybridized carbons (Fsp3) is 0.231. The van der Waals surface area contributed by atoms with Gasteiger partial charge in [0, 0.05) is 5.41 Å². The van der Waals surface area contributed by atoms with E-state index in [1.54, 1.807) is 18.2 Å². The van der Waals surface area contributed by atoms with Crippen LogP contribution in [0.3, 0.4) is 0 Å². The van der Waals surface area contributed by atoms with Crippen LogP contribution in [0.25, 0.3) is 0 Å². The van der Waals surface area contributed by atoms with Gasteiger partial charge in [-0.1, -0.05) is 18.2 Å². The number of carboxylic acid groups (broad SMARTS) is 1. The molecule has 2 rings (SSSR count). The molecular weight excluding hydrogens is 282 g/mol. The molecule has 0 saturated heterocycles. The fourth-order valence-corrected chi connectivity index (χ4v) is 3.21. The molecule has 20 heavy (non-hydrogen) atoms. The third kappa shape index (κ3) is 3.45.